The van der Waals surface area contributed by atoms with Crippen molar-refractivity contribution in [3.8, 4) is 5.75 Å². The van der Waals surface area contributed by atoms with Crippen LogP contribution in [-0.4, -0.2) is 24.2 Å². The number of hydrogen-bond acceptors (Lipinski definition) is 3. The summed E-state index contributed by atoms with van der Waals surface area (Å²) in [6.45, 7) is 8.29. The fourth-order valence-corrected chi connectivity index (χ4v) is 3.34. The summed E-state index contributed by atoms with van der Waals surface area (Å²) < 4.78 is 5.62. The lowest BCUT2D eigenvalue weighted by atomic mass is 9.83. The molecule has 1 aromatic heterocycles. The van der Waals surface area contributed by atoms with Crippen LogP contribution >= 0.6 is 0 Å². The van der Waals surface area contributed by atoms with Crippen molar-refractivity contribution in [2.24, 2.45) is 5.92 Å². The second kappa shape index (κ2) is 8.38. The number of ether oxygens (including phenoxy) is 1. The molecule has 1 N–H and O–H groups in total. The average Bonchev–Trinajstić information content (AvgIpc) is 2.71. The minimum atomic E-state index is 0.557. The molecule has 3 nitrogen and oxygen atoms in total. The van der Waals surface area contributed by atoms with E-state index in [0.717, 1.165) is 12.3 Å². The summed E-state index contributed by atoms with van der Waals surface area (Å²) in [5.41, 5.74) is 1.36. The van der Waals surface area contributed by atoms with Crippen LogP contribution in [0.15, 0.2) is 18.5 Å². The van der Waals surface area contributed by atoms with E-state index in [0.29, 0.717) is 24.5 Å². The van der Waals surface area contributed by atoms with E-state index in [4.69, 9.17) is 4.74 Å². The Balaban J connectivity index is 2.13. The van der Waals surface area contributed by atoms with E-state index in [2.05, 4.69) is 30.2 Å². The van der Waals surface area contributed by atoms with Crippen LogP contribution in [0.3, 0.4) is 0 Å². The lowest BCUT2D eigenvalue weighted by Gasteiger charge is -2.27. The molecule has 118 valence electrons. The monoisotopic (exact) mass is 290 g/mol. The van der Waals surface area contributed by atoms with Gasteiger partial charge in [0.15, 0.2) is 0 Å². The van der Waals surface area contributed by atoms with Crippen molar-refractivity contribution in [3.05, 3.63) is 24.0 Å². The largest absolute Gasteiger partial charge is 0.492 e. The van der Waals surface area contributed by atoms with Gasteiger partial charge in [0.2, 0.25) is 0 Å². The highest BCUT2D eigenvalue weighted by Gasteiger charge is 2.25. The van der Waals surface area contributed by atoms with Crippen molar-refractivity contribution in [1.29, 1.82) is 0 Å². The van der Waals surface area contributed by atoms with Gasteiger partial charge in [-0.05, 0) is 49.8 Å². The molecule has 0 amide bonds. The SMILES string of the molecule is CCOc1cncc(C2CCCCCC2CNC(C)C)c1. The number of rotatable bonds is 6. The van der Waals surface area contributed by atoms with Gasteiger partial charge in [-0.3, -0.25) is 4.98 Å². The Labute approximate surface area is 129 Å². The van der Waals surface area contributed by atoms with E-state index >= 15 is 0 Å². The molecule has 2 unspecified atom stereocenters. The summed E-state index contributed by atoms with van der Waals surface area (Å²) in [5.74, 6) is 2.25. The summed E-state index contributed by atoms with van der Waals surface area (Å²) in [4.78, 5) is 4.39. The van der Waals surface area contributed by atoms with Crippen molar-refractivity contribution < 1.29 is 4.74 Å². The highest BCUT2D eigenvalue weighted by molar-refractivity contribution is 5.27. The first-order valence-electron chi connectivity index (χ1n) is 8.51. The maximum Gasteiger partial charge on any atom is 0.137 e. The third-order valence-electron chi connectivity index (χ3n) is 4.42. The van der Waals surface area contributed by atoms with E-state index in [9.17, 15) is 0 Å². The van der Waals surface area contributed by atoms with Gasteiger partial charge in [0, 0.05) is 12.2 Å². The van der Waals surface area contributed by atoms with Crippen molar-refractivity contribution in [1.82, 2.24) is 10.3 Å². The van der Waals surface area contributed by atoms with Crippen LogP contribution < -0.4 is 10.1 Å². The van der Waals surface area contributed by atoms with Crippen LogP contribution in [0, 0.1) is 5.92 Å². The third kappa shape index (κ3) is 4.99. The molecular weight excluding hydrogens is 260 g/mol. The van der Waals surface area contributed by atoms with Crippen LogP contribution in [-0.2, 0) is 0 Å². The van der Waals surface area contributed by atoms with Crippen LogP contribution in [0.4, 0.5) is 0 Å². The van der Waals surface area contributed by atoms with Gasteiger partial charge in [-0.25, -0.2) is 0 Å². The normalized spacial score (nSPS) is 23.0. The molecular formula is C18H30N2O. The Bertz CT molecular complexity index is 419. The second-order valence-corrected chi connectivity index (χ2v) is 6.45. The molecule has 1 aliphatic carbocycles. The predicted octanol–water partition coefficient (Wildman–Crippen LogP) is 4.14. The molecule has 0 bridgehead atoms. The maximum absolute atomic E-state index is 5.62. The molecule has 1 aromatic rings. The molecule has 1 heterocycles. The van der Waals surface area contributed by atoms with Crippen molar-refractivity contribution >= 4 is 0 Å². The van der Waals surface area contributed by atoms with Gasteiger partial charge in [0.1, 0.15) is 5.75 Å². The Kier molecular flexibility index (Phi) is 6.50. The fraction of sp³-hybridized carbons (Fsp3) is 0.722. The van der Waals surface area contributed by atoms with Gasteiger partial charge in [0.25, 0.3) is 0 Å². The molecule has 0 radical (unpaired) electrons. The highest BCUT2D eigenvalue weighted by atomic mass is 16.5. The van der Waals surface area contributed by atoms with Crippen LogP contribution in [0.2, 0.25) is 0 Å². The summed E-state index contributed by atoms with van der Waals surface area (Å²) in [7, 11) is 0. The van der Waals surface area contributed by atoms with Gasteiger partial charge in [-0.2, -0.15) is 0 Å². The number of nitrogens with zero attached hydrogens (tertiary/aromatic N) is 1. The number of aromatic nitrogens is 1. The van der Waals surface area contributed by atoms with E-state index in [-0.39, 0.29) is 0 Å². The fourth-order valence-electron chi connectivity index (χ4n) is 3.34. The Morgan fingerprint density at radius 3 is 2.81 bits per heavy atom. The van der Waals surface area contributed by atoms with E-state index in [1.807, 2.05) is 19.3 Å². The Morgan fingerprint density at radius 2 is 2.05 bits per heavy atom. The topological polar surface area (TPSA) is 34.1 Å². The molecule has 0 saturated heterocycles. The number of pyridine rings is 1. The summed E-state index contributed by atoms with van der Waals surface area (Å²) >= 11 is 0. The van der Waals surface area contributed by atoms with Crippen molar-refractivity contribution in [2.45, 2.75) is 64.8 Å². The van der Waals surface area contributed by atoms with Gasteiger partial charge >= 0.3 is 0 Å². The van der Waals surface area contributed by atoms with Crippen molar-refractivity contribution in [2.75, 3.05) is 13.2 Å². The lowest BCUT2D eigenvalue weighted by molar-refractivity contribution is 0.334. The first kappa shape index (κ1) is 16.3. The van der Waals surface area contributed by atoms with Gasteiger partial charge < -0.3 is 10.1 Å². The van der Waals surface area contributed by atoms with Crippen LogP contribution in [0.5, 0.6) is 5.75 Å². The van der Waals surface area contributed by atoms with Gasteiger partial charge in [0.05, 0.1) is 12.8 Å². The molecule has 2 atom stereocenters. The number of nitrogens with one attached hydrogen (secondary N) is 1. The highest BCUT2D eigenvalue weighted by Crippen LogP contribution is 2.37. The predicted molar refractivity (Wildman–Crippen MR) is 87.9 cm³/mol. The summed E-state index contributed by atoms with van der Waals surface area (Å²) in [6, 6.07) is 2.76. The maximum atomic E-state index is 5.62. The van der Waals surface area contributed by atoms with E-state index < -0.39 is 0 Å². The van der Waals surface area contributed by atoms with E-state index in [1.165, 1.54) is 37.7 Å². The Hall–Kier alpha value is -1.09. The smallest absolute Gasteiger partial charge is 0.137 e. The zero-order valence-corrected chi connectivity index (χ0v) is 13.8. The molecule has 3 heteroatoms. The number of hydrogen-bond donors (Lipinski definition) is 1. The van der Waals surface area contributed by atoms with Crippen LogP contribution in [0.1, 0.15) is 64.4 Å². The molecule has 1 aliphatic rings. The van der Waals surface area contributed by atoms with Crippen LogP contribution in [0.25, 0.3) is 0 Å². The molecule has 2 rings (SSSR count). The minimum Gasteiger partial charge on any atom is -0.492 e. The second-order valence-electron chi connectivity index (χ2n) is 6.45. The molecule has 0 aliphatic heterocycles. The molecule has 1 saturated carbocycles. The Morgan fingerprint density at radius 1 is 1.24 bits per heavy atom. The standard InChI is InChI=1S/C18H30N2O/c1-4-21-17-10-16(11-19-13-17)18-9-7-5-6-8-15(18)12-20-14(2)3/h10-11,13-15,18,20H,4-9,12H2,1-3H3. The minimum absolute atomic E-state index is 0.557. The summed E-state index contributed by atoms with van der Waals surface area (Å²) in [5, 5.41) is 3.63. The first-order chi connectivity index (χ1) is 10.2. The molecule has 0 spiro atoms. The van der Waals surface area contributed by atoms with Gasteiger partial charge in [-0.15, -0.1) is 0 Å². The quantitative estimate of drug-likeness (QED) is 0.799. The molecule has 0 aromatic carbocycles. The third-order valence-corrected chi connectivity index (χ3v) is 4.42. The van der Waals surface area contributed by atoms with Gasteiger partial charge in [-0.1, -0.05) is 33.1 Å². The molecule has 1 fully saturated rings. The lowest BCUT2D eigenvalue weighted by Crippen LogP contribution is -2.31. The summed E-state index contributed by atoms with van der Waals surface area (Å²) in [6.07, 6.45) is 10.5. The average molecular weight is 290 g/mol. The first-order valence-corrected chi connectivity index (χ1v) is 8.51. The zero-order chi connectivity index (χ0) is 15.1. The van der Waals surface area contributed by atoms with E-state index in [1.54, 1.807) is 0 Å². The molecule has 21 heavy (non-hydrogen) atoms. The zero-order valence-electron chi connectivity index (χ0n) is 13.8. The van der Waals surface area contributed by atoms with Crippen molar-refractivity contribution in [3.63, 3.8) is 0 Å².